The van der Waals surface area contributed by atoms with Crippen LogP contribution in [-0.2, 0) is 14.8 Å². The minimum absolute atomic E-state index is 0.0907. The van der Waals surface area contributed by atoms with Gasteiger partial charge in [0.2, 0.25) is 5.91 Å². The fourth-order valence-electron chi connectivity index (χ4n) is 2.18. The Hall–Kier alpha value is -1.51. The van der Waals surface area contributed by atoms with Crippen LogP contribution in [0.5, 0.6) is 0 Å². The number of carbonyl (C=O) groups excluding carboxylic acids is 1. The van der Waals surface area contributed by atoms with E-state index in [1.807, 2.05) is 18.2 Å². The summed E-state index contributed by atoms with van der Waals surface area (Å²) in [6, 6.07) is 10.4. The molecule has 0 aromatic heterocycles. The molecule has 1 heterocycles. The van der Waals surface area contributed by atoms with E-state index in [0.717, 1.165) is 14.2 Å². The van der Waals surface area contributed by atoms with Crippen LogP contribution in [0.1, 0.15) is 0 Å². The molecule has 21 heavy (non-hydrogen) atoms. The van der Waals surface area contributed by atoms with E-state index in [1.165, 1.54) is 6.07 Å². The number of amides is 1. The van der Waals surface area contributed by atoms with Gasteiger partial charge in [0.15, 0.2) is 5.11 Å². The molecule has 0 unspecified atom stereocenters. The lowest BCUT2D eigenvalue weighted by atomic mass is 10.1. The highest BCUT2D eigenvalue weighted by atomic mass is 79.9. The molecule has 0 radical (unpaired) electrons. The number of halogens is 1. The van der Waals surface area contributed by atoms with E-state index in [0.29, 0.717) is 5.39 Å². The van der Waals surface area contributed by atoms with Crippen LogP contribution >= 0.6 is 28.1 Å². The monoisotopic (exact) mass is 384 g/mol. The maximum Gasteiger partial charge on any atom is 0.267 e. The SMILES string of the molecule is O=C1CN(S(=O)(=O)c2cccc3ccc(Br)cc23)C(=S)N1. The second-order valence-electron chi connectivity index (χ2n) is 4.49. The van der Waals surface area contributed by atoms with Crippen LogP contribution in [0.2, 0.25) is 0 Å². The molecule has 0 spiro atoms. The molecular weight excluding hydrogens is 376 g/mol. The van der Waals surface area contributed by atoms with E-state index in [1.54, 1.807) is 12.1 Å². The van der Waals surface area contributed by atoms with Gasteiger partial charge in [-0.15, -0.1) is 0 Å². The number of fused-ring (bicyclic) bond motifs is 1. The molecule has 1 N–H and O–H groups in total. The van der Waals surface area contributed by atoms with Gasteiger partial charge in [0.05, 0.1) is 4.90 Å². The van der Waals surface area contributed by atoms with Gasteiger partial charge in [0, 0.05) is 9.86 Å². The molecule has 2 aromatic rings. The molecule has 1 fully saturated rings. The number of benzene rings is 2. The first kappa shape index (κ1) is 14.4. The van der Waals surface area contributed by atoms with Crippen molar-refractivity contribution in [1.82, 2.24) is 9.62 Å². The molecule has 0 bridgehead atoms. The standard InChI is InChI=1S/C13H9BrN2O3S2/c14-9-5-4-8-2-1-3-11(10(8)6-9)21(18,19)16-7-12(17)15-13(16)20/h1-6H,7H2,(H,15,17,20). The Morgan fingerprint density at radius 3 is 2.67 bits per heavy atom. The molecule has 1 amide bonds. The fraction of sp³-hybridized carbons (Fsp3) is 0.0769. The predicted molar refractivity (Wildman–Crippen MR) is 86.3 cm³/mol. The number of nitrogens with one attached hydrogen (secondary N) is 1. The minimum atomic E-state index is -3.88. The lowest BCUT2D eigenvalue weighted by Crippen LogP contribution is -2.34. The first-order valence-corrected chi connectivity index (χ1v) is 8.58. The lowest BCUT2D eigenvalue weighted by Gasteiger charge is -2.17. The molecular formula is C13H9BrN2O3S2. The van der Waals surface area contributed by atoms with Gasteiger partial charge in [-0.2, -0.15) is 0 Å². The van der Waals surface area contributed by atoms with Crippen molar-refractivity contribution >= 4 is 60.0 Å². The average Bonchev–Trinajstić information content (AvgIpc) is 2.77. The van der Waals surface area contributed by atoms with Crippen molar-refractivity contribution in [2.24, 2.45) is 0 Å². The molecule has 0 saturated carbocycles. The number of thiocarbonyl (C=S) groups is 1. The molecule has 108 valence electrons. The second-order valence-corrected chi connectivity index (χ2v) is 7.62. The third-order valence-electron chi connectivity index (χ3n) is 3.13. The van der Waals surface area contributed by atoms with Gasteiger partial charge in [-0.3, -0.25) is 4.79 Å². The van der Waals surface area contributed by atoms with Gasteiger partial charge in [-0.05, 0) is 35.8 Å². The number of sulfonamides is 1. The zero-order valence-corrected chi connectivity index (χ0v) is 13.8. The summed E-state index contributed by atoms with van der Waals surface area (Å²) in [5.41, 5.74) is 0. The highest BCUT2D eigenvalue weighted by Gasteiger charge is 2.35. The zero-order valence-electron chi connectivity index (χ0n) is 10.5. The normalized spacial score (nSPS) is 15.6. The maximum absolute atomic E-state index is 12.7. The van der Waals surface area contributed by atoms with E-state index in [2.05, 4.69) is 21.2 Å². The van der Waals surface area contributed by atoms with Gasteiger partial charge in [0.25, 0.3) is 10.0 Å². The van der Waals surface area contributed by atoms with Gasteiger partial charge >= 0.3 is 0 Å². The van der Waals surface area contributed by atoms with E-state index >= 15 is 0 Å². The van der Waals surface area contributed by atoms with Crippen LogP contribution in [0.3, 0.4) is 0 Å². The summed E-state index contributed by atoms with van der Waals surface area (Å²) >= 11 is 8.26. The Morgan fingerprint density at radius 2 is 2.00 bits per heavy atom. The van der Waals surface area contributed by atoms with Crippen molar-refractivity contribution in [1.29, 1.82) is 0 Å². The van der Waals surface area contributed by atoms with E-state index in [-0.39, 0.29) is 16.6 Å². The highest BCUT2D eigenvalue weighted by Crippen LogP contribution is 2.29. The quantitative estimate of drug-likeness (QED) is 0.804. The van der Waals surface area contributed by atoms with E-state index < -0.39 is 15.9 Å². The second kappa shape index (κ2) is 5.04. The molecule has 1 saturated heterocycles. The first-order valence-electron chi connectivity index (χ1n) is 5.94. The van der Waals surface area contributed by atoms with Crippen LogP contribution in [0.4, 0.5) is 0 Å². The van der Waals surface area contributed by atoms with Crippen molar-refractivity contribution in [3.05, 3.63) is 40.9 Å². The summed E-state index contributed by atoms with van der Waals surface area (Å²) in [5.74, 6) is -0.426. The largest absolute Gasteiger partial charge is 0.301 e. The Kier molecular flexibility index (Phi) is 3.46. The Morgan fingerprint density at radius 1 is 1.24 bits per heavy atom. The summed E-state index contributed by atoms with van der Waals surface area (Å²) in [5, 5.41) is 3.61. The van der Waals surface area contributed by atoms with Gasteiger partial charge in [0.1, 0.15) is 6.54 Å². The molecule has 5 nitrogen and oxygen atoms in total. The molecule has 1 aliphatic heterocycles. The molecule has 0 atom stereocenters. The number of carbonyl (C=O) groups is 1. The third kappa shape index (κ3) is 2.43. The van der Waals surface area contributed by atoms with Crippen LogP contribution in [0, 0.1) is 0 Å². The number of nitrogens with zero attached hydrogens (tertiary/aromatic N) is 1. The van der Waals surface area contributed by atoms with Crippen molar-refractivity contribution in [2.75, 3.05) is 6.54 Å². The molecule has 8 heteroatoms. The van der Waals surface area contributed by atoms with Gasteiger partial charge in [-0.25, -0.2) is 12.7 Å². The molecule has 2 aromatic carbocycles. The van der Waals surface area contributed by atoms with Crippen molar-refractivity contribution < 1.29 is 13.2 Å². The Bertz CT molecular complexity index is 880. The lowest BCUT2D eigenvalue weighted by molar-refractivity contribution is -0.118. The summed E-state index contributed by atoms with van der Waals surface area (Å²) < 4.78 is 27.2. The van der Waals surface area contributed by atoms with Crippen LogP contribution in [0.25, 0.3) is 10.8 Å². The van der Waals surface area contributed by atoms with Crippen LogP contribution in [-0.4, -0.2) is 30.3 Å². The van der Waals surface area contributed by atoms with Crippen molar-refractivity contribution in [3.8, 4) is 0 Å². The molecule has 1 aliphatic rings. The summed E-state index contributed by atoms with van der Waals surface area (Å²) in [7, 11) is -3.88. The molecule has 3 rings (SSSR count). The summed E-state index contributed by atoms with van der Waals surface area (Å²) in [6.07, 6.45) is 0. The molecule has 0 aliphatic carbocycles. The maximum atomic E-state index is 12.7. The highest BCUT2D eigenvalue weighted by molar-refractivity contribution is 9.10. The Balaban J connectivity index is 2.22. The topological polar surface area (TPSA) is 66.5 Å². The Labute approximate surface area is 135 Å². The fourth-order valence-corrected chi connectivity index (χ4v) is 4.51. The zero-order chi connectivity index (χ0) is 15.2. The summed E-state index contributed by atoms with van der Waals surface area (Å²) in [4.78, 5) is 11.5. The average molecular weight is 385 g/mol. The van der Waals surface area contributed by atoms with Crippen molar-refractivity contribution in [3.63, 3.8) is 0 Å². The van der Waals surface area contributed by atoms with Crippen LogP contribution < -0.4 is 5.32 Å². The summed E-state index contributed by atoms with van der Waals surface area (Å²) in [6.45, 7) is -0.286. The van der Waals surface area contributed by atoms with E-state index in [4.69, 9.17) is 12.2 Å². The predicted octanol–water partition coefficient (Wildman–Crippen LogP) is 2.01. The van der Waals surface area contributed by atoms with Gasteiger partial charge < -0.3 is 5.32 Å². The van der Waals surface area contributed by atoms with Crippen molar-refractivity contribution in [2.45, 2.75) is 4.90 Å². The third-order valence-corrected chi connectivity index (χ3v) is 5.87. The van der Waals surface area contributed by atoms with E-state index in [9.17, 15) is 13.2 Å². The first-order chi connectivity index (χ1) is 9.89. The smallest absolute Gasteiger partial charge is 0.267 e. The van der Waals surface area contributed by atoms with Crippen LogP contribution in [0.15, 0.2) is 45.8 Å². The number of rotatable bonds is 2. The number of hydrogen-bond donors (Lipinski definition) is 1. The van der Waals surface area contributed by atoms with Gasteiger partial charge in [-0.1, -0.05) is 34.1 Å². The number of hydrogen-bond acceptors (Lipinski definition) is 4. The minimum Gasteiger partial charge on any atom is -0.301 e.